The lowest BCUT2D eigenvalue weighted by molar-refractivity contribution is -0.253. The van der Waals surface area contributed by atoms with Gasteiger partial charge >= 0.3 is 6.18 Å². The molecule has 2 fully saturated rings. The van der Waals surface area contributed by atoms with Gasteiger partial charge in [-0.1, -0.05) is 0 Å². The summed E-state index contributed by atoms with van der Waals surface area (Å²) in [6.45, 7) is -0.292. The summed E-state index contributed by atoms with van der Waals surface area (Å²) < 4.78 is 38.5. The first kappa shape index (κ1) is 16.8. The van der Waals surface area contributed by atoms with E-state index in [2.05, 4.69) is 0 Å². The number of halogens is 3. The third kappa shape index (κ3) is 2.86. The van der Waals surface area contributed by atoms with E-state index in [-0.39, 0.29) is 18.0 Å². The summed E-state index contributed by atoms with van der Waals surface area (Å²) >= 11 is 0. The Balaban J connectivity index is 1.71. The number of β-amino-alcohol motifs (C(OH)–C–C–N with tert-alkyl or cyclic N) is 1. The molecule has 0 aromatic heterocycles. The predicted molar refractivity (Wildman–Crippen MR) is 79.6 cm³/mol. The highest BCUT2D eigenvalue weighted by Crippen LogP contribution is 2.38. The van der Waals surface area contributed by atoms with Crippen LogP contribution in [0, 0.1) is 0 Å². The summed E-state index contributed by atoms with van der Waals surface area (Å²) in [7, 11) is 0. The minimum Gasteiger partial charge on any atom is -0.379 e. The first-order valence-electron chi connectivity index (χ1n) is 7.70. The van der Waals surface area contributed by atoms with Crippen molar-refractivity contribution in [1.29, 1.82) is 0 Å². The zero-order valence-electron chi connectivity index (χ0n) is 12.8. The molecule has 1 N–H and O–H groups in total. The summed E-state index contributed by atoms with van der Waals surface area (Å²) in [6.07, 6.45) is -4.02. The fourth-order valence-electron chi connectivity index (χ4n) is 3.09. The van der Waals surface area contributed by atoms with Gasteiger partial charge in [-0.25, -0.2) is 0 Å². The smallest absolute Gasteiger partial charge is 0.379 e. The van der Waals surface area contributed by atoms with E-state index in [1.807, 2.05) is 0 Å². The molecule has 1 aromatic carbocycles. The molecule has 0 saturated carbocycles. The van der Waals surface area contributed by atoms with Crippen LogP contribution in [0.4, 0.5) is 18.9 Å². The van der Waals surface area contributed by atoms with E-state index in [1.165, 1.54) is 12.1 Å². The van der Waals surface area contributed by atoms with E-state index in [0.29, 0.717) is 18.7 Å². The molecule has 1 atom stereocenters. The van der Waals surface area contributed by atoms with Gasteiger partial charge in [0.2, 0.25) is 5.91 Å². The molecular weight excluding hydrogens is 325 g/mol. The van der Waals surface area contributed by atoms with E-state index in [4.69, 9.17) is 0 Å². The Morgan fingerprint density at radius 2 is 1.83 bits per heavy atom. The van der Waals surface area contributed by atoms with Crippen LogP contribution < -0.4 is 4.90 Å². The maximum absolute atomic E-state index is 12.8. The molecule has 1 unspecified atom stereocenters. The second-order valence-electron chi connectivity index (χ2n) is 6.20. The van der Waals surface area contributed by atoms with Gasteiger partial charge in [0.1, 0.15) is 0 Å². The minimum atomic E-state index is -4.76. The van der Waals surface area contributed by atoms with E-state index < -0.39 is 30.7 Å². The van der Waals surface area contributed by atoms with E-state index in [9.17, 15) is 27.9 Å². The van der Waals surface area contributed by atoms with Crippen molar-refractivity contribution >= 4 is 17.5 Å². The van der Waals surface area contributed by atoms with Crippen LogP contribution in [-0.4, -0.2) is 53.2 Å². The standard InChI is InChI=1S/C16H17F3N2O3/c17-16(18,19)15(24)7-9-20(10-15)14(23)11-3-5-12(6-4-11)21-8-1-2-13(21)22/h3-6,24H,1-2,7-10H2. The van der Waals surface area contributed by atoms with Crippen molar-refractivity contribution in [2.75, 3.05) is 24.5 Å². The molecule has 2 heterocycles. The van der Waals surface area contributed by atoms with E-state index in [0.717, 1.165) is 11.3 Å². The quantitative estimate of drug-likeness (QED) is 0.894. The first-order valence-corrected chi connectivity index (χ1v) is 7.70. The fourth-order valence-corrected chi connectivity index (χ4v) is 3.09. The fraction of sp³-hybridized carbons (Fsp3) is 0.500. The Hall–Kier alpha value is -2.09. The van der Waals surface area contributed by atoms with Crippen molar-refractivity contribution in [1.82, 2.24) is 4.90 Å². The molecule has 0 aliphatic carbocycles. The number of carbonyl (C=O) groups excluding carboxylic acids is 2. The van der Waals surface area contributed by atoms with Gasteiger partial charge in [0.25, 0.3) is 5.91 Å². The maximum atomic E-state index is 12.8. The van der Waals surface area contributed by atoms with Gasteiger partial charge < -0.3 is 14.9 Å². The second kappa shape index (κ2) is 5.77. The van der Waals surface area contributed by atoms with Gasteiger partial charge in [0, 0.05) is 37.2 Å². The molecule has 24 heavy (non-hydrogen) atoms. The van der Waals surface area contributed by atoms with Gasteiger partial charge in [0.05, 0.1) is 6.54 Å². The van der Waals surface area contributed by atoms with Crippen molar-refractivity contribution in [3.63, 3.8) is 0 Å². The van der Waals surface area contributed by atoms with E-state index in [1.54, 1.807) is 17.0 Å². The number of amides is 2. The molecule has 2 amide bonds. The number of hydrogen-bond donors (Lipinski definition) is 1. The zero-order chi connectivity index (χ0) is 17.5. The highest BCUT2D eigenvalue weighted by molar-refractivity contribution is 5.97. The van der Waals surface area contributed by atoms with Crippen LogP contribution in [0.15, 0.2) is 24.3 Å². The van der Waals surface area contributed by atoms with Gasteiger partial charge in [-0.3, -0.25) is 9.59 Å². The van der Waals surface area contributed by atoms with Crippen LogP contribution in [0.2, 0.25) is 0 Å². The number of rotatable bonds is 2. The minimum absolute atomic E-state index is 0.0175. The topological polar surface area (TPSA) is 60.9 Å². The van der Waals surface area contributed by atoms with Crippen molar-refractivity contribution in [3.8, 4) is 0 Å². The summed E-state index contributed by atoms with van der Waals surface area (Å²) in [6, 6.07) is 6.22. The van der Waals surface area contributed by atoms with Gasteiger partial charge in [-0.05, 0) is 30.7 Å². The molecule has 0 radical (unpaired) electrons. The second-order valence-corrected chi connectivity index (χ2v) is 6.20. The SMILES string of the molecule is O=C(c1ccc(N2CCCC2=O)cc1)N1CCC(O)(C(F)(F)F)C1. The van der Waals surface area contributed by atoms with Gasteiger partial charge in [-0.2, -0.15) is 13.2 Å². The van der Waals surface area contributed by atoms with Crippen LogP contribution in [0.5, 0.6) is 0 Å². The number of hydrogen-bond acceptors (Lipinski definition) is 3. The van der Waals surface area contributed by atoms with Crippen molar-refractivity contribution in [2.24, 2.45) is 0 Å². The van der Waals surface area contributed by atoms with E-state index >= 15 is 0 Å². The summed E-state index contributed by atoms with van der Waals surface area (Å²) in [4.78, 5) is 26.6. The number of benzene rings is 1. The number of likely N-dealkylation sites (tertiary alicyclic amines) is 1. The lowest BCUT2D eigenvalue weighted by Crippen LogP contribution is -2.48. The molecule has 2 aliphatic rings. The Morgan fingerprint density at radius 1 is 1.17 bits per heavy atom. The molecule has 2 saturated heterocycles. The van der Waals surface area contributed by atoms with Crippen LogP contribution >= 0.6 is 0 Å². The molecule has 130 valence electrons. The molecule has 3 rings (SSSR count). The highest BCUT2D eigenvalue weighted by Gasteiger charge is 2.57. The Labute approximate surface area is 136 Å². The van der Waals surface area contributed by atoms with Gasteiger partial charge in [0.15, 0.2) is 5.60 Å². The summed E-state index contributed by atoms with van der Waals surface area (Å²) in [5, 5.41) is 9.65. The summed E-state index contributed by atoms with van der Waals surface area (Å²) in [5.74, 6) is -0.543. The number of anilines is 1. The molecule has 1 aromatic rings. The number of alkyl halides is 3. The monoisotopic (exact) mass is 342 g/mol. The average molecular weight is 342 g/mol. The van der Waals surface area contributed by atoms with Crippen LogP contribution in [0.1, 0.15) is 29.6 Å². The molecule has 0 spiro atoms. The van der Waals surface area contributed by atoms with Crippen LogP contribution in [0.25, 0.3) is 0 Å². The third-order valence-electron chi connectivity index (χ3n) is 4.56. The van der Waals surface area contributed by atoms with Crippen molar-refractivity contribution in [2.45, 2.75) is 31.0 Å². The Morgan fingerprint density at radius 3 is 2.33 bits per heavy atom. The molecule has 5 nitrogen and oxygen atoms in total. The Bertz CT molecular complexity index is 660. The average Bonchev–Trinajstić information content (AvgIpc) is 3.13. The van der Waals surface area contributed by atoms with Crippen molar-refractivity contribution < 1.29 is 27.9 Å². The highest BCUT2D eigenvalue weighted by atomic mass is 19.4. The zero-order valence-corrected chi connectivity index (χ0v) is 12.8. The first-order chi connectivity index (χ1) is 11.2. The maximum Gasteiger partial charge on any atom is 0.419 e. The summed E-state index contributed by atoms with van der Waals surface area (Å²) in [5.41, 5.74) is -1.94. The normalized spacial score (nSPS) is 24.8. The van der Waals surface area contributed by atoms with Gasteiger partial charge in [-0.15, -0.1) is 0 Å². The number of nitrogens with zero attached hydrogens (tertiary/aromatic N) is 2. The molecular formula is C16H17F3N2O3. The largest absolute Gasteiger partial charge is 0.419 e. The predicted octanol–water partition coefficient (Wildman–Crippen LogP) is 1.95. The number of carbonyl (C=O) groups is 2. The molecule has 8 heteroatoms. The lowest BCUT2D eigenvalue weighted by atomic mass is 10.0. The number of aliphatic hydroxyl groups is 1. The van der Waals surface area contributed by atoms with Crippen molar-refractivity contribution in [3.05, 3.63) is 29.8 Å². The van der Waals surface area contributed by atoms with Crippen LogP contribution in [0.3, 0.4) is 0 Å². The molecule has 2 aliphatic heterocycles. The third-order valence-corrected chi connectivity index (χ3v) is 4.56. The molecule has 0 bridgehead atoms. The lowest BCUT2D eigenvalue weighted by Gasteiger charge is -2.26. The van der Waals surface area contributed by atoms with Crippen LogP contribution in [-0.2, 0) is 4.79 Å². The Kier molecular flexibility index (Phi) is 4.03.